The molecule has 0 fully saturated rings. The molecular weight excluding hydrogens is 344 g/mol. The van der Waals surface area contributed by atoms with Gasteiger partial charge in [-0.3, -0.25) is 0 Å². The molecule has 0 amide bonds. The standard InChI is InChI=1S/C24H26N4/c1-4-8-21-15-23(26-20-13-11-18(12-14-20)17(2)3)28-24(27-21)22(16-25-28)19-9-6-5-7-10-19/h5-7,9-17,26H,4,8H2,1-3H3. The molecule has 4 nitrogen and oxygen atoms in total. The molecule has 0 saturated heterocycles. The molecule has 0 aliphatic heterocycles. The molecule has 0 atom stereocenters. The van der Waals surface area contributed by atoms with E-state index in [-0.39, 0.29) is 0 Å². The number of nitrogens with zero attached hydrogens (tertiary/aromatic N) is 3. The molecular formula is C24H26N4. The maximum absolute atomic E-state index is 4.90. The van der Waals surface area contributed by atoms with Gasteiger partial charge in [0.05, 0.1) is 6.20 Å². The Balaban J connectivity index is 1.77. The quantitative estimate of drug-likeness (QED) is 0.438. The fourth-order valence-corrected chi connectivity index (χ4v) is 3.41. The van der Waals surface area contributed by atoms with Crippen molar-refractivity contribution in [2.75, 3.05) is 5.32 Å². The highest BCUT2D eigenvalue weighted by molar-refractivity contribution is 5.78. The minimum absolute atomic E-state index is 0.525. The third kappa shape index (κ3) is 3.63. The van der Waals surface area contributed by atoms with Crippen LogP contribution in [0.4, 0.5) is 11.5 Å². The van der Waals surface area contributed by atoms with Crippen molar-refractivity contribution < 1.29 is 0 Å². The van der Waals surface area contributed by atoms with E-state index in [1.165, 1.54) is 5.56 Å². The fraction of sp³-hybridized carbons (Fsp3) is 0.250. The van der Waals surface area contributed by atoms with Crippen molar-refractivity contribution in [3.8, 4) is 11.1 Å². The van der Waals surface area contributed by atoms with E-state index in [0.717, 1.165) is 46.8 Å². The topological polar surface area (TPSA) is 42.2 Å². The van der Waals surface area contributed by atoms with E-state index in [1.54, 1.807) is 0 Å². The smallest absolute Gasteiger partial charge is 0.165 e. The summed E-state index contributed by atoms with van der Waals surface area (Å²) < 4.78 is 1.90. The first-order valence-corrected chi connectivity index (χ1v) is 9.95. The van der Waals surface area contributed by atoms with Crippen LogP contribution in [0, 0.1) is 0 Å². The lowest BCUT2D eigenvalue weighted by Crippen LogP contribution is -2.04. The number of benzene rings is 2. The molecule has 0 aliphatic rings. The Labute approximate surface area is 166 Å². The van der Waals surface area contributed by atoms with Gasteiger partial charge in [0.25, 0.3) is 0 Å². The summed E-state index contributed by atoms with van der Waals surface area (Å²) in [6.07, 6.45) is 3.90. The van der Waals surface area contributed by atoms with Gasteiger partial charge in [0.1, 0.15) is 5.82 Å². The number of aromatic nitrogens is 3. The van der Waals surface area contributed by atoms with Gasteiger partial charge in [-0.1, -0.05) is 69.7 Å². The van der Waals surface area contributed by atoms with Gasteiger partial charge in [-0.05, 0) is 35.6 Å². The van der Waals surface area contributed by atoms with Gasteiger partial charge in [0.2, 0.25) is 0 Å². The average molecular weight is 371 g/mol. The molecule has 0 spiro atoms. The van der Waals surface area contributed by atoms with Gasteiger partial charge in [-0.15, -0.1) is 0 Å². The highest BCUT2D eigenvalue weighted by Crippen LogP contribution is 2.27. The summed E-state index contributed by atoms with van der Waals surface area (Å²) in [5, 5.41) is 8.17. The van der Waals surface area contributed by atoms with E-state index in [0.29, 0.717) is 5.92 Å². The van der Waals surface area contributed by atoms with Gasteiger partial charge < -0.3 is 5.32 Å². The number of fused-ring (bicyclic) bond motifs is 1. The van der Waals surface area contributed by atoms with Gasteiger partial charge in [0.15, 0.2) is 5.65 Å². The highest BCUT2D eigenvalue weighted by atomic mass is 15.3. The number of rotatable bonds is 6. The third-order valence-electron chi connectivity index (χ3n) is 4.97. The first-order chi connectivity index (χ1) is 13.7. The van der Waals surface area contributed by atoms with Crippen LogP contribution in [0.15, 0.2) is 66.9 Å². The zero-order chi connectivity index (χ0) is 19.5. The lowest BCUT2D eigenvalue weighted by molar-refractivity contribution is 0.861. The molecule has 0 unspecified atom stereocenters. The largest absolute Gasteiger partial charge is 0.340 e. The van der Waals surface area contributed by atoms with E-state index in [9.17, 15) is 0 Å². The van der Waals surface area contributed by atoms with E-state index < -0.39 is 0 Å². The molecule has 2 aromatic heterocycles. The summed E-state index contributed by atoms with van der Waals surface area (Å²) in [6, 6.07) is 21.0. The molecule has 4 rings (SSSR count). The SMILES string of the molecule is CCCc1cc(Nc2ccc(C(C)C)cc2)n2ncc(-c3ccccc3)c2n1. The first kappa shape index (κ1) is 18.2. The third-order valence-corrected chi connectivity index (χ3v) is 4.97. The summed E-state index contributed by atoms with van der Waals surface area (Å²) in [7, 11) is 0. The van der Waals surface area contributed by atoms with Crippen molar-refractivity contribution in [2.45, 2.75) is 39.5 Å². The second-order valence-electron chi connectivity index (χ2n) is 7.44. The predicted molar refractivity (Wildman–Crippen MR) is 116 cm³/mol. The molecule has 28 heavy (non-hydrogen) atoms. The van der Waals surface area contributed by atoms with Gasteiger partial charge >= 0.3 is 0 Å². The van der Waals surface area contributed by atoms with Crippen LogP contribution in [0.5, 0.6) is 0 Å². The number of nitrogens with one attached hydrogen (secondary N) is 1. The number of aryl methyl sites for hydroxylation is 1. The summed E-state index contributed by atoms with van der Waals surface area (Å²) >= 11 is 0. The lowest BCUT2D eigenvalue weighted by Gasteiger charge is -2.12. The van der Waals surface area contributed by atoms with Crippen molar-refractivity contribution in [3.63, 3.8) is 0 Å². The summed E-state index contributed by atoms with van der Waals surface area (Å²) in [6.45, 7) is 6.60. The molecule has 142 valence electrons. The Morgan fingerprint density at radius 1 is 1.00 bits per heavy atom. The molecule has 1 N–H and O–H groups in total. The van der Waals surface area contributed by atoms with Crippen LogP contribution in [0.3, 0.4) is 0 Å². The van der Waals surface area contributed by atoms with E-state index in [4.69, 9.17) is 4.98 Å². The first-order valence-electron chi connectivity index (χ1n) is 9.95. The fourth-order valence-electron chi connectivity index (χ4n) is 3.41. The molecule has 0 bridgehead atoms. The van der Waals surface area contributed by atoms with E-state index >= 15 is 0 Å². The molecule has 4 heteroatoms. The zero-order valence-electron chi connectivity index (χ0n) is 16.7. The van der Waals surface area contributed by atoms with E-state index in [2.05, 4.69) is 73.7 Å². The van der Waals surface area contributed by atoms with Crippen molar-refractivity contribution in [3.05, 3.63) is 78.1 Å². The number of anilines is 2. The molecule has 0 radical (unpaired) electrons. The van der Waals surface area contributed by atoms with Gasteiger partial charge in [-0.2, -0.15) is 9.61 Å². The van der Waals surface area contributed by atoms with Gasteiger partial charge in [0, 0.05) is 23.0 Å². The van der Waals surface area contributed by atoms with Crippen molar-refractivity contribution in [2.24, 2.45) is 0 Å². The van der Waals surface area contributed by atoms with Crippen LogP contribution in [-0.2, 0) is 6.42 Å². The van der Waals surface area contributed by atoms with Crippen LogP contribution < -0.4 is 5.32 Å². The number of hydrogen-bond acceptors (Lipinski definition) is 3. The highest BCUT2D eigenvalue weighted by Gasteiger charge is 2.13. The Bertz CT molecular complexity index is 1060. The number of hydrogen-bond donors (Lipinski definition) is 1. The Morgan fingerprint density at radius 3 is 2.43 bits per heavy atom. The van der Waals surface area contributed by atoms with Crippen molar-refractivity contribution in [1.29, 1.82) is 0 Å². The van der Waals surface area contributed by atoms with E-state index in [1.807, 2.05) is 28.9 Å². The molecule has 0 saturated carbocycles. The maximum atomic E-state index is 4.90. The zero-order valence-corrected chi connectivity index (χ0v) is 16.7. The minimum atomic E-state index is 0.525. The minimum Gasteiger partial charge on any atom is -0.340 e. The van der Waals surface area contributed by atoms with Crippen LogP contribution >= 0.6 is 0 Å². The second kappa shape index (κ2) is 7.85. The van der Waals surface area contributed by atoms with Crippen molar-refractivity contribution >= 4 is 17.2 Å². The molecule has 4 aromatic rings. The Hall–Kier alpha value is -3.14. The van der Waals surface area contributed by atoms with Gasteiger partial charge in [-0.25, -0.2) is 4.98 Å². The molecule has 2 heterocycles. The molecule has 2 aromatic carbocycles. The van der Waals surface area contributed by atoms with Crippen LogP contribution in [-0.4, -0.2) is 14.6 Å². The summed E-state index contributed by atoms with van der Waals surface area (Å²) in [5.41, 5.74) is 6.54. The Kier molecular flexibility index (Phi) is 5.11. The van der Waals surface area contributed by atoms with Crippen LogP contribution in [0.1, 0.15) is 44.4 Å². The monoisotopic (exact) mass is 370 g/mol. The van der Waals surface area contributed by atoms with Crippen LogP contribution in [0.2, 0.25) is 0 Å². The normalized spacial score (nSPS) is 11.3. The maximum Gasteiger partial charge on any atom is 0.165 e. The predicted octanol–water partition coefficient (Wildman–Crippen LogP) is 6.22. The second-order valence-corrected chi connectivity index (χ2v) is 7.44. The summed E-state index contributed by atoms with van der Waals surface area (Å²) in [4.78, 5) is 4.90. The summed E-state index contributed by atoms with van der Waals surface area (Å²) in [5.74, 6) is 1.46. The lowest BCUT2D eigenvalue weighted by atomic mass is 10.0. The average Bonchev–Trinajstić information content (AvgIpc) is 3.13. The Morgan fingerprint density at radius 2 is 1.75 bits per heavy atom. The van der Waals surface area contributed by atoms with Crippen molar-refractivity contribution in [1.82, 2.24) is 14.6 Å². The van der Waals surface area contributed by atoms with Crippen LogP contribution in [0.25, 0.3) is 16.8 Å². The molecule has 0 aliphatic carbocycles.